The van der Waals surface area contributed by atoms with Gasteiger partial charge in [0.2, 0.25) is 0 Å². The molecule has 1 aliphatic rings. The fourth-order valence-corrected chi connectivity index (χ4v) is 3.26. The van der Waals surface area contributed by atoms with Crippen molar-refractivity contribution in [2.45, 2.75) is 57.6 Å². The second-order valence-electron chi connectivity index (χ2n) is 6.42. The van der Waals surface area contributed by atoms with Gasteiger partial charge < -0.3 is 15.8 Å². The van der Waals surface area contributed by atoms with Gasteiger partial charge in [0, 0.05) is 18.8 Å². The first-order valence-corrected chi connectivity index (χ1v) is 8.26. The maximum absolute atomic E-state index is 12.4. The van der Waals surface area contributed by atoms with E-state index in [9.17, 15) is 4.79 Å². The molecule has 0 saturated heterocycles. The first kappa shape index (κ1) is 17.0. The normalized spacial score (nSPS) is 18.7. The van der Waals surface area contributed by atoms with E-state index in [2.05, 4.69) is 5.32 Å². The van der Waals surface area contributed by atoms with Gasteiger partial charge in [0.1, 0.15) is 0 Å². The van der Waals surface area contributed by atoms with Crippen LogP contribution in [0.4, 0.5) is 5.69 Å². The molecule has 0 aliphatic heterocycles. The molecule has 3 N–H and O–H groups in total. The number of anilines is 1. The molecule has 122 valence electrons. The van der Waals surface area contributed by atoms with Crippen molar-refractivity contribution in [3.8, 4) is 0 Å². The van der Waals surface area contributed by atoms with Gasteiger partial charge in [0.25, 0.3) is 5.91 Å². The standard InChI is InChI=1S/C18H28N2O2/c1-13-8-10-15(11-9-13)20-18(21)17(22-2)16(19)12-14-6-4-3-5-7-14/h8-11,14,16-17H,3-7,12,19H2,1-2H3,(H,20,21). The van der Waals surface area contributed by atoms with Gasteiger partial charge in [-0.25, -0.2) is 0 Å². The van der Waals surface area contributed by atoms with Crippen molar-refractivity contribution in [2.75, 3.05) is 12.4 Å². The molecule has 0 radical (unpaired) electrons. The summed E-state index contributed by atoms with van der Waals surface area (Å²) >= 11 is 0. The number of amides is 1. The van der Waals surface area contributed by atoms with E-state index in [-0.39, 0.29) is 11.9 Å². The van der Waals surface area contributed by atoms with Crippen LogP contribution in [0.1, 0.15) is 44.1 Å². The molecular weight excluding hydrogens is 276 g/mol. The molecule has 1 aromatic carbocycles. The Morgan fingerprint density at radius 2 is 1.91 bits per heavy atom. The number of methoxy groups -OCH3 is 1. The Morgan fingerprint density at radius 3 is 2.50 bits per heavy atom. The number of rotatable bonds is 6. The third kappa shape index (κ3) is 4.82. The highest BCUT2D eigenvalue weighted by Gasteiger charge is 2.28. The highest BCUT2D eigenvalue weighted by Crippen LogP contribution is 2.28. The minimum absolute atomic E-state index is 0.158. The van der Waals surface area contributed by atoms with Crippen LogP contribution in [0.5, 0.6) is 0 Å². The largest absolute Gasteiger partial charge is 0.370 e. The van der Waals surface area contributed by atoms with Crippen LogP contribution in [-0.2, 0) is 9.53 Å². The molecule has 22 heavy (non-hydrogen) atoms. The lowest BCUT2D eigenvalue weighted by Crippen LogP contribution is -2.45. The summed E-state index contributed by atoms with van der Waals surface area (Å²) in [6.45, 7) is 2.02. The number of nitrogens with one attached hydrogen (secondary N) is 1. The molecule has 0 spiro atoms. The Hall–Kier alpha value is -1.39. The van der Waals surface area contributed by atoms with Crippen LogP contribution < -0.4 is 11.1 Å². The molecule has 4 heteroatoms. The van der Waals surface area contributed by atoms with Gasteiger partial charge in [-0.15, -0.1) is 0 Å². The van der Waals surface area contributed by atoms with Crippen LogP contribution in [0.2, 0.25) is 0 Å². The van der Waals surface area contributed by atoms with E-state index < -0.39 is 6.10 Å². The van der Waals surface area contributed by atoms with Gasteiger partial charge in [-0.2, -0.15) is 0 Å². The van der Waals surface area contributed by atoms with E-state index in [1.165, 1.54) is 32.1 Å². The van der Waals surface area contributed by atoms with Crippen LogP contribution in [-0.4, -0.2) is 25.2 Å². The predicted molar refractivity (Wildman–Crippen MR) is 89.8 cm³/mol. The lowest BCUT2D eigenvalue weighted by Gasteiger charge is -2.28. The molecule has 4 nitrogen and oxygen atoms in total. The minimum atomic E-state index is -0.594. The number of benzene rings is 1. The maximum atomic E-state index is 12.4. The van der Waals surface area contributed by atoms with Crippen LogP contribution in [0.3, 0.4) is 0 Å². The zero-order chi connectivity index (χ0) is 15.9. The molecule has 1 amide bonds. The number of hydrogen-bond acceptors (Lipinski definition) is 3. The average Bonchev–Trinajstić information content (AvgIpc) is 2.51. The van der Waals surface area contributed by atoms with E-state index in [4.69, 9.17) is 10.5 Å². The summed E-state index contributed by atoms with van der Waals surface area (Å²) in [6.07, 6.45) is 6.61. The van der Waals surface area contributed by atoms with E-state index in [0.717, 1.165) is 17.7 Å². The molecule has 2 rings (SSSR count). The van der Waals surface area contributed by atoms with Crippen molar-refractivity contribution >= 4 is 11.6 Å². The summed E-state index contributed by atoms with van der Waals surface area (Å²) < 4.78 is 5.37. The molecule has 0 bridgehead atoms. The molecule has 1 saturated carbocycles. The zero-order valence-corrected chi connectivity index (χ0v) is 13.7. The first-order valence-electron chi connectivity index (χ1n) is 8.26. The van der Waals surface area contributed by atoms with Crippen LogP contribution in [0.25, 0.3) is 0 Å². The summed E-state index contributed by atoms with van der Waals surface area (Å²) in [5.74, 6) is 0.475. The van der Waals surface area contributed by atoms with E-state index >= 15 is 0 Å². The molecule has 1 aromatic rings. The minimum Gasteiger partial charge on any atom is -0.370 e. The Morgan fingerprint density at radius 1 is 1.27 bits per heavy atom. The van der Waals surface area contributed by atoms with Crippen molar-refractivity contribution in [1.29, 1.82) is 0 Å². The van der Waals surface area contributed by atoms with Crippen LogP contribution in [0, 0.1) is 12.8 Å². The number of hydrogen-bond donors (Lipinski definition) is 2. The third-order valence-corrected chi connectivity index (χ3v) is 4.55. The summed E-state index contributed by atoms with van der Waals surface area (Å²) in [5.41, 5.74) is 8.19. The summed E-state index contributed by atoms with van der Waals surface area (Å²) in [4.78, 5) is 12.4. The van der Waals surface area contributed by atoms with Gasteiger partial charge in [0.15, 0.2) is 6.10 Å². The molecule has 2 atom stereocenters. The number of aryl methyl sites for hydroxylation is 1. The molecule has 0 aromatic heterocycles. The summed E-state index contributed by atoms with van der Waals surface area (Å²) in [7, 11) is 1.56. The fraction of sp³-hybridized carbons (Fsp3) is 0.611. The quantitative estimate of drug-likeness (QED) is 0.848. The summed E-state index contributed by atoms with van der Waals surface area (Å²) in [6, 6.07) is 7.48. The van der Waals surface area contributed by atoms with Gasteiger partial charge >= 0.3 is 0 Å². The Balaban J connectivity index is 1.90. The SMILES string of the molecule is COC(C(=O)Nc1ccc(C)cc1)C(N)CC1CCCCC1. The van der Waals surface area contributed by atoms with Crippen LogP contribution in [0.15, 0.2) is 24.3 Å². The van der Waals surface area contributed by atoms with Crippen molar-refractivity contribution in [3.63, 3.8) is 0 Å². The predicted octanol–water partition coefficient (Wildman–Crippen LogP) is 3.25. The Bertz CT molecular complexity index is 466. The van der Waals surface area contributed by atoms with Gasteiger partial charge in [-0.3, -0.25) is 4.79 Å². The lowest BCUT2D eigenvalue weighted by atomic mass is 9.84. The zero-order valence-electron chi connectivity index (χ0n) is 13.7. The number of nitrogens with two attached hydrogens (primary N) is 1. The monoisotopic (exact) mass is 304 g/mol. The van der Waals surface area contributed by atoms with Gasteiger partial charge in [0.05, 0.1) is 0 Å². The maximum Gasteiger partial charge on any atom is 0.255 e. The van der Waals surface area contributed by atoms with E-state index in [0.29, 0.717) is 5.92 Å². The lowest BCUT2D eigenvalue weighted by molar-refractivity contribution is -0.127. The van der Waals surface area contributed by atoms with Crippen LogP contribution >= 0.6 is 0 Å². The highest BCUT2D eigenvalue weighted by atomic mass is 16.5. The van der Waals surface area contributed by atoms with Crippen molar-refractivity contribution < 1.29 is 9.53 Å². The van der Waals surface area contributed by atoms with Gasteiger partial charge in [-0.1, -0.05) is 49.8 Å². The summed E-state index contributed by atoms with van der Waals surface area (Å²) in [5, 5.41) is 2.89. The smallest absolute Gasteiger partial charge is 0.255 e. The number of carbonyl (C=O) groups is 1. The topological polar surface area (TPSA) is 64.3 Å². The van der Waals surface area contributed by atoms with Crippen molar-refractivity contribution in [3.05, 3.63) is 29.8 Å². The first-order chi connectivity index (χ1) is 10.6. The third-order valence-electron chi connectivity index (χ3n) is 4.55. The fourth-order valence-electron chi connectivity index (χ4n) is 3.26. The van der Waals surface area contributed by atoms with E-state index in [1.54, 1.807) is 7.11 Å². The highest BCUT2D eigenvalue weighted by molar-refractivity contribution is 5.94. The average molecular weight is 304 g/mol. The molecule has 1 aliphatic carbocycles. The van der Waals surface area contributed by atoms with Crippen molar-refractivity contribution in [1.82, 2.24) is 0 Å². The Labute approximate surface area is 133 Å². The molecule has 0 heterocycles. The number of ether oxygens (including phenoxy) is 1. The second-order valence-corrected chi connectivity index (χ2v) is 6.42. The molecule has 1 fully saturated rings. The van der Waals surface area contributed by atoms with E-state index in [1.807, 2.05) is 31.2 Å². The number of carbonyl (C=O) groups excluding carboxylic acids is 1. The molecular formula is C18H28N2O2. The molecule has 2 unspecified atom stereocenters. The second kappa shape index (κ2) is 8.30. The Kier molecular flexibility index (Phi) is 6.40. The van der Waals surface area contributed by atoms with Gasteiger partial charge in [-0.05, 0) is 31.4 Å². The van der Waals surface area contributed by atoms with Crippen molar-refractivity contribution in [2.24, 2.45) is 11.7 Å².